The Balaban J connectivity index is 1.67. The predicted octanol–water partition coefficient (Wildman–Crippen LogP) is 4.88. The highest BCUT2D eigenvalue weighted by Crippen LogP contribution is 2.27. The summed E-state index contributed by atoms with van der Waals surface area (Å²) in [7, 11) is 1.61. The first-order valence-corrected chi connectivity index (χ1v) is 8.77. The minimum absolute atomic E-state index is 0.0551. The summed E-state index contributed by atoms with van der Waals surface area (Å²) in [6.45, 7) is 0.0551. The first kappa shape index (κ1) is 17.7. The number of rotatable bonds is 5. The van der Waals surface area contributed by atoms with Gasteiger partial charge < -0.3 is 9.47 Å². The van der Waals surface area contributed by atoms with Gasteiger partial charge in [-0.25, -0.2) is 14.8 Å². The Kier molecular flexibility index (Phi) is 5.53. The Bertz CT molecular complexity index is 914. The van der Waals surface area contributed by atoms with Crippen molar-refractivity contribution < 1.29 is 14.3 Å². The monoisotopic (exact) mass is 394 g/mol. The zero-order valence-corrected chi connectivity index (χ0v) is 15.4. The summed E-state index contributed by atoms with van der Waals surface area (Å²) in [5, 5.41) is 3.00. The van der Waals surface area contributed by atoms with Gasteiger partial charge in [0.05, 0.1) is 23.4 Å². The molecule has 25 heavy (non-hydrogen) atoms. The Hall–Kier alpha value is -2.15. The normalized spacial score (nSPS) is 10.5. The van der Waals surface area contributed by atoms with Crippen molar-refractivity contribution in [2.45, 2.75) is 6.61 Å². The number of hydrogen-bond acceptors (Lipinski definition) is 6. The minimum atomic E-state index is -0.540. The summed E-state index contributed by atoms with van der Waals surface area (Å²) in [4.78, 5) is 20.3. The van der Waals surface area contributed by atoms with Crippen molar-refractivity contribution >= 4 is 40.5 Å². The first-order chi connectivity index (χ1) is 12.1. The van der Waals surface area contributed by atoms with Gasteiger partial charge in [0, 0.05) is 17.1 Å². The predicted molar refractivity (Wildman–Crippen MR) is 97.5 cm³/mol. The number of esters is 1. The second-order valence-electron chi connectivity index (χ2n) is 4.95. The second kappa shape index (κ2) is 7.82. The first-order valence-electron chi connectivity index (χ1n) is 7.14. The summed E-state index contributed by atoms with van der Waals surface area (Å²) >= 11 is 13.0. The highest BCUT2D eigenvalue weighted by Gasteiger charge is 2.12. The fourth-order valence-corrected chi connectivity index (χ4v) is 3.09. The lowest BCUT2D eigenvalue weighted by atomic mass is 10.2. The highest BCUT2D eigenvalue weighted by atomic mass is 35.5. The molecule has 0 atom stereocenters. The smallest absolute Gasteiger partial charge is 0.340 e. The molecule has 1 aromatic carbocycles. The third-order valence-electron chi connectivity index (χ3n) is 3.25. The van der Waals surface area contributed by atoms with E-state index in [0.717, 1.165) is 16.3 Å². The van der Waals surface area contributed by atoms with Crippen LogP contribution in [0.1, 0.15) is 16.1 Å². The molecule has 0 unspecified atom stereocenters. The molecule has 128 valence electrons. The maximum Gasteiger partial charge on any atom is 0.340 e. The van der Waals surface area contributed by atoms with E-state index in [9.17, 15) is 4.79 Å². The molecule has 2 aromatic heterocycles. The Morgan fingerprint density at radius 1 is 1.28 bits per heavy atom. The van der Waals surface area contributed by atoms with E-state index in [0.29, 0.717) is 5.69 Å². The average molecular weight is 395 g/mol. The van der Waals surface area contributed by atoms with Crippen LogP contribution in [0.15, 0.2) is 41.9 Å². The Labute approximate surface area is 158 Å². The fourth-order valence-electron chi connectivity index (χ4n) is 2.02. The molecule has 0 N–H and O–H groups in total. The van der Waals surface area contributed by atoms with Crippen molar-refractivity contribution in [3.63, 3.8) is 0 Å². The lowest BCUT2D eigenvalue weighted by molar-refractivity contribution is 0.0468. The summed E-state index contributed by atoms with van der Waals surface area (Å²) in [6, 6.07) is 9.02. The molecule has 0 radical (unpaired) electrons. The van der Waals surface area contributed by atoms with Crippen molar-refractivity contribution in [3.8, 4) is 16.3 Å². The molecule has 0 aliphatic heterocycles. The van der Waals surface area contributed by atoms with E-state index in [1.807, 2.05) is 29.6 Å². The van der Waals surface area contributed by atoms with E-state index in [2.05, 4.69) is 9.97 Å². The van der Waals surface area contributed by atoms with Gasteiger partial charge in [-0.1, -0.05) is 35.3 Å². The summed E-state index contributed by atoms with van der Waals surface area (Å²) in [5.41, 5.74) is 1.83. The van der Waals surface area contributed by atoms with Crippen LogP contribution in [0.2, 0.25) is 10.2 Å². The summed E-state index contributed by atoms with van der Waals surface area (Å²) in [6.07, 6.45) is 1.32. The Morgan fingerprint density at radius 2 is 2.12 bits per heavy atom. The molecule has 5 nitrogen and oxygen atoms in total. The van der Waals surface area contributed by atoms with Crippen molar-refractivity contribution in [3.05, 3.63) is 63.3 Å². The van der Waals surface area contributed by atoms with Gasteiger partial charge in [-0.15, -0.1) is 11.3 Å². The van der Waals surface area contributed by atoms with E-state index >= 15 is 0 Å². The number of carbonyl (C=O) groups is 1. The zero-order chi connectivity index (χ0) is 17.8. The van der Waals surface area contributed by atoms with Crippen LogP contribution < -0.4 is 4.74 Å². The van der Waals surface area contributed by atoms with Crippen molar-refractivity contribution in [2.24, 2.45) is 0 Å². The maximum absolute atomic E-state index is 12.0. The maximum atomic E-state index is 12.0. The van der Waals surface area contributed by atoms with E-state index in [-0.39, 0.29) is 22.3 Å². The molecule has 8 heteroatoms. The molecule has 2 heterocycles. The van der Waals surface area contributed by atoms with Crippen LogP contribution in [0.5, 0.6) is 5.75 Å². The summed E-state index contributed by atoms with van der Waals surface area (Å²) in [5.74, 6) is 0.217. The van der Waals surface area contributed by atoms with Crippen molar-refractivity contribution in [1.82, 2.24) is 9.97 Å². The second-order valence-corrected chi connectivity index (χ2v) is 6.57. The molecular weight excluding hydrogens is 383 g/mol. The number of aromatic nitrogens is 2. The fraction of sp³-hybridized carbons (Fsp3) is 0.118. The molecule has 3 rings (SSSR count). The van der Waals surface area contributed by atoms with Crippen LogP contribution in [0.4, 0.5) is 0 Å². The number of pyridine rings is 1. The number of halogens is 2. The number of nitrogens with zero attached hydrogens (tertiary/aromatic N) is 2. The third-order valence-corrected chi connectivity index (χ3v) is 4.88. The highest BCUT2D eigenvalue weighted by molar-refractivity contribution is 7.13. The van der Waals surface area contributed by atoms with Gasteiger partial charge in [0.1, 0.15) is 22.5 Å². The SMILES string of the molecule is COc1cccc(-c2nc(COC(=O)c3cnc(Cl)c(Cl)c3)cs2)c1. The van der Waals surface area contributed by atoms with Crippen LogP contribution in [-0.2, 0) is 11.3 Å². The number of carbonyl (C=O) groups excluding carboxylic acids is 1. The average Bonchev–Trinajstić information content (AvgIpc) is 3.11. The number of methoxy groups -OCH3 is 1. The van der Waals surface area contributed by atoms with Crippen LogP contribution in [0, 0.1) is 0 Å². The van der Waals surface area contributed by atoms with E-state index in [1.54, 1.807) is 7.11 Å². The molecule has 0 aliphatic rings. The van der Waals surface area contributed by atoms with E-state index in [4.69, 9.17) is 32.7 Å². The number of hydrogen-bond donors (Lipinski definition) is 0. The van der Waals surface area contributed by atoms with E-state index < -0.39 is 5.97 Å². The molecule has 0 amide bonds. The lowest BCUT2D eigenvalue weighted by Gasteiger charge is -2.04. The van der Waals surface area contributed by atoms with Gasteiger partial charge in [0.25, 0.3) is 0 Å². The number of ether oxygens (including phenoxy) is 2. The zero-order valence-electron chi connectivity index (χ0n) is 13.0. The van der Waals surface area contributed by atoms with Gasteiger partial charge in [0.15, 0.2) is 0 Å². The number of thiazole rings is 1. The molecule has 0 fully saturated rings. The topological polar surface area (TPSA) is 61.3 Å². The number of benzene rings is 1. The van der Waals surface area contributed by atoms with Gasteiger partial charge in [-0.3, -0.25) is 0 Å². The third kappa shape index (κ3) is 4.28. The van der Waals surface area contributed by atoms with Crippen molar-refractivity contribution in [2.75, 3.05) is 7.11 Å². The van der Waals surface area contributed by atoms with E-state index in [1.165, 1.54) is 23.6 Å². The molecule has 0 spiro atoms. The van der Waals surface area contributed by atoms with Gasteiger partial charge in [0.2, 0.25) is 0 Å². The van der Waals surface area contributed by atoms with Gasteiger partial charge in [-0.2, -0.15) is 0 Å². The molecule has 3 aromatic rings. The molecule has 0 bridgehead atoms. The van der Waals surface area contributed by atoms with Crippen LogP contribution >= 0.6 is 34.5 Å². The van der Waals surface area contributed by atoms with Crippen molar-refractivity contribution in [1.29, 1.82) is 0 Å². The largest absolute Gasteiger partial charge is 0.497 e. The van der Waals surface area contributed by atoms with Crippen LogP contribution in [0.3, 0.4) is 0 Å². The van der Waals surface area contributed by atoms with Crippen LogP contribution in [0.25, 0.3) is 10.6 Å². The van der Waals surface area contributed by atoms with Crippen LogP contribution in [-0.4, -0.2) is 23.0 Å². The van der Waals surface area contributed by atoms with Gasteiger partial charge in [-0.05, 0) is 18.2 Å². The standard InChI is InChI=1S/C17H12Cl2N2O3S/c1-23-13-4-2-3-10(5-13)16-21-12(9-25-16)8-24-17(22)11-6-14(18)15(19)20-7-11/h2-7,9H,8H2,1H3. The molecule has 0 saturated heterocycles. The minimum Gasteiger partial charge on any atom is -0.497 e. The molecule has 0 saturated carbocycles. The lowest BCUT2D eigenvalue weighted by Crippen LogP contribution is -2.06. The summed E-state index contributed by atoms with van der Waals surface area (Å²) < 4.78 is 10.5. The van der Waals surface area contributed by atoms with Gasteiger partial charge >= 0.3 is 5.97 Å². The molecular formula is C17H12Cl2N2O3S. The quantitative estimate of drug-likeness (QED) is 0.455. The Morgan fingerprint density at radius 3 is 2.88 bits per heavy atom. The molecule has 0 aliphatic carbocycles.